The fraction of sp³-hybridized carbons (Fsp3) is 0.524. The summed E-state index contributed by atoms with van der Waals surface area (Å²) in [6.45, 7) is 5.48. The van der Waals surface area contributed by atoms with E-state index in [1.807, 2.05) is 20.8 Å². The molecule has 4 rings (SSSR count). The molecule has 0 spiro atoms. The fourth-order valence-corrected chi connectivity index (χ4v) is 4.63. The fourth-order valence-electron chi connectivity index (χ4n) is 3.77. The number of nitrogens with zero attached hydrogens (tertiary/aromatic N) is 4. The van der Waals surface area contributed by atoms with Crippen molar-refractivity contribution >= 4 is 33.3 Å². The molecule has 3 heterocycles. The highest BCUT2D eigenvalue weighted by atomic mass is 32.1. The number of aromatic nitrogens is 4. The SMILES string of the molecule is CC(C)(C)OC(=O)NC1CCC(Nc2nn3cc(-c4cnc(N)c(C(F)(F)F)c4)nc3s2)CC1. The van der Waals surface area contributed by atoms with Crippen molar-refractivity contribution in [2.45, 2.75) is 70.3 Å². The topological polar surface area (TPSA) is 119 Å². The van der Waals surface area contributed by atoms with Gasteiger partial charge in [0.2, 0.25) is 10.1 Å². The first-order valence-corrected chi connectivity index (χ1v) is 11.6. The van der Waals surface area contributed by atoms with Crippen LogP contribution in [0.3, 0.4) is 0 Å². The van der Waals surface area contributed by atoms with E-state index in [0.29, 0.717) is 15.8 Å². The molecule has 1 aliphatic rings. The first-order chi connectivity index (χ1) is 15.9. The molecular weight excluding hydrogens is 471 g/mol. The molecule has 184 valence electrons. The Morgan fingerprint density at radius 2 is 1.88 bits per heavy atom. The van der Waals surface area contributed by atoms with E-state index >= 15 is 0 Å². The minimum atomic E-state index is -4.60. The molecule has 0 aromatic carbocycles. The van der Waals surface area contributed by atoms with Gasteiger partial charge < -0.3 is 21.1 Å². The molecule has 4 N–H and O–H groups in total. The van der Waals surface area contributed by atoms with Gasteiger partial charge in [0.15, 0.2) is 0 Å². The van der Waals surface area contributed by atoms with Crippen molar-refractivity contribution < 1.29 is 22.7 Å². The molecule has 34 heavy (non-hydrogen) atoms. The predicted molar refractivity (Wildman–Crippen MR) is 123 cm³/mol. The Kier molecular flexibility index (Phi) is 6.32. The minimum absolute atomic E-state index is 0.0687. The normalized spacial score (nSPS) is 19.2. The van der Waals surface area contributed by atoms with Crippen LogP contribution in [0.1, 0.15) is 52.0 Å². The van der Waals surface area contributed by atoms with Gasteiger partial charge in [-0.3, -0.25) is 0 Å². The van der Waals surface area contributed by atoms with Gasteiger partial charge in [0.05, 0.1) is 17.5 Å². The van der Waals surface area contributed by atoms with E-state index in [1.54, 1.807) is 6.20 Å². The van der Waals surface area contributed by atoms with Gasteiger partial charge in [-0.1, -0.05) is 11.3 Å². The molecule has 0 bridgehead atoms. The quantitative estimate of drug-likeness (QED) is 0.478. The number of alkyl halides is 3. The van der Waals surface area contributed by atoms with Gasteiger partial charge in [0.1, 0.15) is 11.4 Å². The molecule has 1 fully saturated rings. The van der Waals surface area contributed by atoms with E-state index in [0.717, 1.165) is 31.7 Å². The number of imidazole rings is 1. The van der Waals surface area contributed by atoms with Crippen LogP contribution in [0.2, 0.25) is 0 Å². The number of amides is 1. The number of pyridine rings is 1. The number of carbonyl (C=O) groups excluding carboxylic acids is 1. The lowest BCUT2D eigenvalue weighted by molar-refractivity contribution is -0.137. The smallest absolute Gasteiger partial charge is 0.419 e. The van der Waals surface area contributed by atoms with E-state index in [4.69, 9.17) is 10.5 Å². The first-order valence-electron chi connectivity index (χ1n) is 10.8. The maximum atomic E-state index is 13.1. The summed E-state index contributed by atoms with van der Waals surface area (Å²) >= 11 is 1.31. The van der Waals surface area contributed by atoms with E-state index in [9.17, 15) is 18.0 Å². The molecule has 0 radical (unpaired) electrons. The van der Waals surface area contributed by atoms with Gasteiger partial charge in [-0.15, -0.1) is 5.10 Å². The number of carbonyl (C=O) groups is 1. The summed E-state index contributed by atoms with van der Waals surface area (Å²) in [5.41, 5.74) is 4.39. The van der Waals surface area contributed by atoms with Crippen LogP contribution in [-0.2, 0) is 10.9 Å². The van der Waals surface area contributed by atoms with Gasteiger partial charge in [0.25, 0.3) is 0 Å². The molecule has 13 heteroatoms. The van der Waals surface area contributed by atoms with E-state index in [1.165, 1.54) is 22.0 Å². The molecule has 3 aromatic heterocycles. The highest BCUT2D eigenvalue weighted by Crippen LogP contribution is 2.35. The molecule has 0 atom stereocenters. The Hall–Kier alpha value is -3.09. The molecule has 0 unspecified atom stereocenters. The number of nitrogen functional groups attached to an aromatic ring is 1. The molecule has 1 amide bonds. The third-order valence-electron chi connectivity index (χ3n) is 5.34. The van der Waals surface area contributed by atoms with Crippen LogP contribution in [0.25, 0.3) is 16.2 Å². The Bertz CT molecular complexity index is 1150. The Balaban J connectivity index is 1.36. The second-order valence-corrected chi connectivity index (χ2v) is 10.2. The summed E-state index contributed by atoms with van der Waals surface area (Å²) in [6.07, 6.45) is 1.16. The van der Waals surface area contributed by atoms with Gasteiger partial charge in [-0.2, -0.15) is 13.2 Å². The van der Waals surface area contributed by atoms with Crippen LogP contribution in [-0.4, -0.2) is 43.4 Å². The van der Waals surface area contributed by atoms with Crippen molar-refractivity contribution in [2.75, 3.05) is 11.1 Å². The summed E-state index contributed by atoms with van der Waals surface area (Å²) in [5.74, 6) is -0.571. The zero-order valence-electron chi connectivity index (χ0n) is 18.9. The predicted octanol–water partition coefficient (Wildman–Crippen LogP) is 4.70. The number of anilines is 2. The average molecular weight is 498 g/mol. The van der Waals surface area contributed by atoms with Gasteiger partial charge in [-0.05, 0) is 52.5 Å². The molecular formula is C21H26F3N7O2S. The van der Waals surface area contributed by atoms with Crippen LogP contribution < -0.4 is 16.4 Å². The molecule has 1 saturated carbocycles. The summed E-state index contributed by atoms with van der Waals surface area (Å²) in [5, 5.41) is 11.4. The zero-order chi connectivity index (χ0) is 24.7. The molecule has 3 aromatic rings. The number of halogens is 3. The summed E-state index contributed by atoms with van der Waals surface area (Å²) in [6, 6.07) is 1.21. The van der Waals surface area contributed by atoms with Crippen molar-refractivity contribution in [3.8, 4) is 11.3 Å². The van der Waals surface area contributed by atoms with Crippen LogP contribution in [0.15, 0.2) is 18.5 Å². The number of rotatable bonds is 4. The molecule has 9 nitrogen and oxygen atoms in total. The minimum Gasteiger partial charge on any atom is -0.444 e. The number of hydrogen-bond acceptors (Lipinski definition) is 8. The van der Waals surface area contributed by atoms with Crippen molar-refractivity contribution in [3.63, 3.8) is 0 Å². The molecule has 0 saturated heterocycles. The molecule has 1 aliphatic carbocycles. The lowest BCUT2D eigenvalue weighted by atomic mass is 9.91. The lowest BCUT2D eigenvalue weighted by Crippen LogP contribution is -2.42. The molecule has 0 aliphatic heterocycles. The third kappa shape index (κ3) is 5.69. The Morgan fingerprint density at radius 3 is 2.50 bits per heavy atom. The highest BCUT2D eigenvalue weighted by Gasteiger charge is 2.34. The number of nitrogens with two attached hydrogens (primary N) is 1. The maximum Gasteiger partial charge on any atom is 0.419 e. The highest BCUT2D eigenvalue weighted by molar-refractivity contribution is 7.20. The monoisotopic (exact) mass is 497 g/mol. The summed E-state index contributed by atoms with van der Waals surface area (Å²) < 4.78 is 46.2. The van der Waals surface area contributed by atoms with E-state index in [2.05, 4.69) is 25.7 Å². The average Bonchev–Trinajstić information content (AvgIpc) is 3.26. The Labute approximate surface area is 197 Å². The lowest BCUT2D eigenvalue weighted by Gasteiger charge is -2.30. The number of hydrogen-bond donors (Lipinski definition) is 3. The number of fused-ring (bicyclic) bond motifs is 1. The number of ether oxygens (including phenoxy) is 1. The second-order valence-electron chi connectivity index (χ2n) is 9.25. The largest absolute Gasteiger partial charge is 0.444 e. The van der Waals surface area contributed by atoms with Gasteiger partial charge >= 0.3 is 12.3 Å². The van der Waals surface area contributed by atoms with Crippen molar-refractivity contribution in [3.05, 3.63) is 24.0 Å². The maximum absolute atomic E-state index is 13.1. The number of nitrogens with one attached hydrogen (secondary N) is 2. The van der Waals surface area contributed by atoms with E-state index < -0.39 is 29.3 Å². The van der Waals surface area contributed by atoms with Crippen molar-refractivity contribution in [1.29, 1.82) is 0 Å². The second kappa shape index (κ2) is 8.93. The van der Waals surface area contributed by atoms with Crippen LogP contribution in [0.5, 0.6) is 0 Å². The third-order valence-corrected chi connectivity index (χ3v) is 6.19. The van der Waals surface area contributed by atoms with E-state index in [-0.39, 0.29) is 17.6 Å². The Morgan fingerprint density at radius 1 is 1.21 bits per heavy atom. The zero-order valence-corrected chi connectivity index (χ0v) is 19.8. The summed E-state index contributed by atoms with van der Waals surface area (Å²) in [7, 11) is 0. The van der Waals surface area contributed by atoms with Crippen LogP contribution in [0, 0.1) is 0 Å². The first kappa shape index (κ1) is 24.0. The van der Waals surface area contributed by atoms with Crippen LogP contribution in [0.4, 0.5) is 28.9 Å². The standard InChI is InChI=1S/C21H26F3N7O2S/c1-20(2,3)33-19(32)28-13-6-4-12(5-7-13)27-17-30-31-10-15(29-18(31)34-17)11-8-14(21(22,23)24)16(25)26-9-11/h8-10,12-13H,4-7H2,1-3H3,(H2,25,26)(H,27,30)(H,28,32). The van der Waals surface area contributed by atoms with Crippen molar-refractivity contribution in [2.24, 2.45) is 0 Å². The summed E-state index contributed by atoms with van der Waals surface area (Å²) in [4.78, 5) is 20.5. The van der Waals surface area contributed by atoms with Gasteiger partial charge in [0, 0.05) is 23.8 Å². The number of alkyl carbamates (subject to hydrolysis) is 1. The van der Waals surface area contributed by atoms with Crippen LogP contribution >= 0.6 is 11.3 Å². The van der Waals surface area contributed by atoms with Gasteiger partial charge in [-0.25, -0.2) is 19.3 Å². The van der Waals surface area contributed by atoms with Crippen molar-refractivity contribution in [1.82, 2.24) is 24.9 Å².